The Morgan fingerprint density at radius 3 is 2.28 bits per heavy atom. The van der Waals surface area contributed by atoms with Gasteiger partial charge in [0.1, 0.15) is 5.82 Å². The highest BCUT2D eigenvalue weighted by Crippen LogP contribution is 2.24. The Morgan fingerprint density at radius 2 is 1.69 bits per heavy atom. The lowest BCUT2D eigenvalue weighted by molar-refractivity contribution is 0.0926. The Hall–Kier alpha value is -3.14. The lowest BCUT2D eigenvalue weighted by atomic mass is 9.91. The topological polar surface area (TPSA) is 93.9 Å². The number of amides is 1. The summed E-state index contributed by atoms with van der Waals surface area (Å²) in [5.41, 5.74) is 3.22. The van der Waals surface area contributed by atoms with Gasteiger partial charge in [-0.1, -0.05) is 0 Å². The highest BCUT2D eigenvalue weighted by atomic mass is 16.1. The van der Waals surface area contributed by atoms with Crippen LogP contribution in [0.2, 0.25) is 0 Å². The number of benzene rings is 1. The molecule has 1 aromatic carbocycles. The van der Waals surface area contributed by atoms with E-state index in [1.807, 2.05) is 32.8 Å². The first-order valence-corrected chi connectivity index (χ1v) is 9.97. The number of nitrogens with zero attached hydrogens (tertiary/aromatic N) is 4. The van der Waals surface area contributed by atoms with E-state index >= 15 is 0 Å². The molecule has 7 nitrogen and oxygen atoms in total. The van der Waals surface area contributed by atoms with Crippen molar-refractivity contribution < 1.29 is 4.79 Å². The largest absolute Gasteiger partial charge is 0.362 e. The first kappa shape index (κ1) is 20.6. The van der Waals surface area contributed by atoms with Crippen LogP contribution in [0.25, 0.3) is 0 Å². The number of nitrogens with one attached hydrogen (secondary N) is 2. The third-order valence-corrected chi connectivity index (χ3v) is 5.46. The van der Waals surface area contributed by atoms with Crippen molar-refractivity contribution in [2.75, 3.05) is 24.3 Å². The zero-order chi connectivity index (χ0) is 21.0. The number of aryl methyl sites for hydroxylation is 1. The van der Waals surface area contributed by atoms with E-state index < -0.39 is 0 Å². The Kier molecular flexibility index (Phi) is 6.32. The molecule has 0 bridgehead atoms. The summed E-state index contributed by atoms with van der Waals surface area (Å²) < 4.78 is 0. The molecule has 1 aromatic heterocycles. The van der Waals surface area contributed by atoms with Crippen LogP contribution in [-0.4, -0.2) is 42.1 Å². The van der Waals surface area contributed by atoms with E-state index in [1.165, 1.54) is 0 Å². The van der Waals surface area contributed by atoms with Gasteiger partial charge in [-0.25, -0.2) is 4.98 Å². The third-order valence-electron chi connectivity index (χ3n) is 5.46. The summed E-state index contributed by atoms with van der Waals surface area (Å²) in [6.45, 7) is 4.04. The van der Waals surface area contributed by atoms with Crippen LogP contribution in [0.15, 0.2) is 24.3 Å². The van der Waals surface area contributed by atoms with Gasteiger partial charge < -0.3 is 15.5 Å². The first-order valence-electron chi connectivity index (χ1n) is 9.97. The van der Waals surface area contributed by atoms with Gasteiger partial charge in [0.2, 0.25) is 5.95 Å². The number of hydrogen-bond donors (Lipinski definition) is 2. The number of rotatable bonds is 5. The molecule has 0 atom stereocenters. The molecule has 1 heterocycles. The minimum Gasteiger partial charge on any atom is -0.362 e. The van der Waals surface area contributed by atoms with Gasteiger partial charge >= 0.3 is 0 Å². The molecule has 1 fully saturated rings. The maximum Gasteiger partial charge on any atom is 0.251 e. The maximum atomic E-state index is 12.4. The van der Waals surface area contributed by atoms with Gasteiger partial charge in [-0.05, 0) is 63.8 Å². The lowest BCUT2D eigenvalue weighted by Crippen LogP contribution is -2.40. The quantitative estimate of drug-likeness (QED) is 0.812. The number of carbonyl (C=O) groups excluding carboxylic acids is 1. The smallest absolute Gasteiger partial charge is 0.251 e. The fourth-order valence-corrected chi connectivity index (χ4v) is 3.64. The Morgan fingerprint density at radius 1 is 1.07 bits per heavy atom. The molecule has 152 valence electrons. The lowest BCUT2D eigenvalue weighted by Gasteiger charge is -2.30. The zero-order valence-corrected chi connectivity index (χ0v) is 17.5. The third kappa shape index (κ3) is 5.02. The molecule has 0 radical (unpaired) electrons. The van der Waals surface area contributed by atoms with Crippen molar-refractivity contribution in [2.24, 2.45) is 0 Å². The molecule has 3 rings (SSSR count). The normalized spacial score (nSPS) is 18.6. The van der Waals surface area contributed by atoms with Gasteiger partial charge in [0.05, 0.1) is 11.6 Å². The predicted molar refractivity (Wildman–Crippen MR) is 114 cm³/mol. The van der Waals surface area contributed by atoms with Crippen molar-refractivity contribution in [1.82, 2.24) is 15.3 Å². The fraction of sp³-hybridized carbons (Fsp3) is 0.455. The molecule has 1 saturated carbocycles. The van der Waals surface area contributed by atoms with Gasteiger partial charge in [0, 0.05) is 43.0 Å². The predicted octanol–water partition coefficient (Wildman–Crippen LogP) is 3.18. The molecule has 29 heavy (non-hydrogen) atoms. The van der Waals surface area contributed by atoms with E-state index in [0.29, 0.717) is 23.1 Å². The van der Waals surface area contributed by atoms with Crippen molar-refractivity contribution in [2.45, 2.75) is 51.6 Å². The Balaban J connectivity index is 1.54. The van der Waals surface area contributed by atoms with Crippen molar-refractivity contribution in [3.8, 4) is 6.07 Å². The fourth-order valence-electron chi connectivity index (χ4n) is 3.64. The van der Waals surface area contributed by atoms with Gasteiger partial charge in [-0.2, -0.15) is 10.2 Å². The minimum absolute atomic E-state index is 0.0842. The summed E-state index contributed by atoms with van der Waals surface area (Å²) in [5.74, 6) is 1.52. The highest BCUT2D eigenvalue weighted by molar-refractivity contribution is 5.94. The summed E-state index contributed by atoms with van der Waals surface area (Å²) in [6.07, 6.45) is 3.72. The van der Waals surface area contributed by atoms with E-state index in [4.69, 9.17) is 5.26 Å². The SMILES string of the molecule is Cc1nc(NC2CCC(NC(=O)c3ccc(C#N)cc3)CC2)nc(N(C)C)c1C. The van der Waals surface area contributed by atoms with Crippen molar-refractivity contribution in [3.63, 3.8) is 0 Å². The van der Waals surface area contributed by atoms with Crippen molar-refractivity contribution in [1.29, 1.82) is 5.26 Å². The molecular weight excluding hydrogens is 364 g/mol. The van der Waals surface area contributed by atoms with Crippen LogP contribution in [0.5, 0.6) is 0 Å². The van der Waals surface area contributed by atoms with Crippen molar-refractivity contribution in [3.05, 3.63) is 46.6 Å². The average Bonchev–Trinajstić information content (AvgIpc) is 2.71. The van der Waals surface area contributed by atoms with E-state index in [-0.39, 0.29) is 11.9 Å². The number of nitriles is 1. The molecule has 2 N–H and O–H groups in total. The first-order chi connectivity index (χ1) is 13.9. The summed E-state index contributed by atoms with van der Waals surface area (Å²) in [7, 11) is 3.97. The molecule has 0 spiro atoms. The van der Waals surface area contributed by atoms with Crippen LogP contribution in [0, 0.1) is 25.2 Å². The number of anilines is 2. The van der Waals surface area contributed by atoms with Crippen LogP contribution >= 0.6 is 0 Å². The van der Waals surface area contributed by atoms with E-state index in [1.54, 1.807) is 24.3 Å². The van der Waals surface area contributed by atoms with Crippen LogP contribution in [0.3, 0.4) is 0 Å². The van der Waals surface area contributed by atoms with E-state index in [2.05, 4.69) is 26.7 Å². The van der Waals surface area contributed by atoms with Gasteiger partial charge in [0.15, 0.2) is 0 Å². The number of carbonyl (C=O) groups is 1. The molecule has 1 amide bonds. The minimum atomic E-state index is -0.0842. The molecule has 2 aromatic rings. The van der Waals surface area contributed by atoms with Crippen LogP contribution in [-0.2, 0) is 0 Å². The van der Waals surface area contributed by atoms with Crippen LogP contribution in [0.1, 0.15) is 52.9 Å². The monoisotopic (exact) mass is 392 g/mol. The summed E-state index contributed by atoms with van der Waals surface area (Å²) >= 11 is 0. The van der Waals surface area contributed by atoms with Crippen LogP contribution in [0.4, 0.5) is 11.8 Å². The van der Waals surface area contributed by atoms with Crippen LogP contribution < -0.4 is 15.5 Å². The molecule has 0 unspecified atom stereocenters. The second kappa shape index (κ2) is 8.91. The number of aromatic nitrogens is 2. The molecular formula is C22H28N6O. The molecule has 0 aliphatic heterocycles. The van der Waals surface area contributed by atoms with Gasteiger partial charge in [-0.15, -0.1) is 0 Å². The summed E-state index contributed by atoms with van der Waals surface area (Å²) in [6, 6.07) is 9.25. The average molecular weight is 393 g/mol. The maximum absolute atomic E-state index is 12.4. The van der Waals surface area contributed by atoms with E-state index in [9.17, 15) is 4.79 Å². The van der Waals surface area contributed by atoms with Crippen molar-refractivity contribution >= 4 is 17.7 Å². The molecule has 7 heteroatoms. The standard InChI is InChI=1S/C22H28N6O/c1-14-15(2)24-22(27-20(14)28(3)4)26-19-11-9-18(10-12-19)25-21(29)17-7-5-16(13-23)6-8-17/h5-8,18-19H,9-12H2,1-4H3,(H,25,29)(H,24,26,27). The Labute approximate surface area is 172 Å². The number of hydrogen-bond acceptors (Lipinski definition) is 6. The van der Waals surface area contributed by atoms with E-state index in [0.717, 1.165) is 42.8 Å². The zero-order valence-electron chi connectivity index (χ0n) is 17.5. The molecule has 1 aliphatic rings. The second-order valence-electron chi connectivity index (χ2n) is 7.83. The molecule has 1 aliphatic carbocycles. The molecule has 0 saturated heterocycles. The summed E-state index contributed by atoms with van der Waals surface area (Å²) in [4.78, 5) is 23.7. The highest BCUT2D eigenvalue weighted by Gasteiger charge is 2.24. The second-order valence-corrected chi connectivity index (χ2v) is 7.83. The summed E-state index contributed by atoms with van der Waals surface area (Å²) in [5, 5.41) is 15.4. The Bertz CT molecular complexity index is 908. The van der Waals surface area contributed by atoms with Gasteiger partial charge in [-0.3, -0.25) is 4.79 Å². The van der Waals surface area contributed by atoms with Gasteiger partial charge in [0.25, 0.3) is 5.91 Å².